The van der Waals surface area contributed by atoms with E-state index in [1.807, 2.05) is 0 Å². The first-order chi connectivity index (χ1) is 7.36. The molecule has 0 bridgehead atoms. The van der Waals surface area contributed by atoms with Gasteiger partial charge in [-0.1, -0.05) is 52.4 Å². The molecule has 0 saturated carbocycles. The maximum Gasteiger partial charge on any atom is 0.00696 e. The fraction of sp³-hybridized carbons (Fsp3) is 1.00. The summed E-state index contributed by atoms with van der Waals surface area (Å²) in [7, 11) is 0. The Morgan fingerprint density at radius 3 is 2.80 bits per heavy atom. The van der Waals surface area contributed by atoms with E-state index in [-0.39, 0.29) is 0 Å². The summed E-state index contributed by atoms with van der Waals surface area (Å²) in [6.07, 6.45) is 12.7. The predicted octanol–water partition coefficient (Wildman–Crippen LogP) is 4.13. The summed E-state index contributed by atoms with van der Waals surface area (Å²) >= 11 is 0. The third-order valence-electron chi connectivity index (χ3n) is 3.82. The van der Waals surface area contributed by atoms with E-state index in [9.17, 15) is 0 Å². The number of hydrogen-bond acceptors (Lipinski definition) is 1. The highest BCUT2D eigenvalue weighted by Crippen LogP contribution is 2.22. The van der Waals surface area contributed by atoms with E-state index in [4.69, 9.17) is 0 Å². The largest absolute Gasteiger partial charge is 0.314 e. The van der Waals surface area contributed by atoms with E-state index in [1.54, 1.807) is 0 Å². The minimum Gasteiger partial charge on any atom is -0.314 e. The monoisotopic (exact) mass is 211 g/mol. The molecular formula is C14H29N. The van der Waals surface area contributed by atoms with E-state index in [2.05, 4.69) is 19.2 Å². The zero-order valence-electron chi connectivity index (χ0n) is 10.7. The quantitative estimate of drug-likeness (QED) is 0.696. The molecule has 0 aromatic carbocycles. The van der Waals surface area contributed by atoms with Gasteiger partial charge in [0.25, 0.3) is 0 Å². The molecular weight excluding hydrogens is 182 g/mol. The van der Waals surface area contributed by atoms with Crippen molar-refractivity contribution in [3.63, 3.8) is 0 Å². The molecule has 1 N–H and O–H groups in total. The molecule has 0 aliphatic carbocycles. The number of hydrogen-bond donors (Lipinski definition) is 1. The van der Waals surface area contributed by atoms with Crippen molar-refractivity contribution < 1.29 is 0 Å². The summed E-state index contributed by atoms with van der Waals surface area (Å²) in [6.45, 7) is 5.92. The third kappa shape index (κ3) is 5.55. The SMILES string of the molecule is CCCCC(CC)CC1CCCCCN1. The summed E-state index contributed by atoms with van der Waals surface area (Å²) in [6, 6.07) is 0.828. The first-order valence-corrected chi connectivity index (χ1v) is 7.10. The molecule has 1 rings (SSSR count). The normalized spacial score (nSPS) is 24.8. The fourth-order valence-corrected chi connectivity index (χ4v) is 2.69. The predicted molar refractivity (Wildman–Crippen MR) is 68.2 cm³/mol. The van der Waals surface area contributed by atoms with Crippen molar-refractivity contribution in [3.8, 4) is 0 Å². The molecule has 0 spiro atoms. The Morgan fingerprint density at radius 2 is 2.07 bits per heavy atom. The van der Waals surface area contributed by atoms with Crippen molar-refractivity contribution in [2.75, 3.05) is 6.54 Å². The van der Waals surface area contributed by atoms with Crippen molar-refractivity contribution in [2.45, 2.75) is 77.7 Å². The van der Waals surface area contributed by atoms with Crippen molar-refractivity contribution in [1.82, 2.24) is 5.32 Å². The van der Waals surface area contributed by atoms with Gasteiger partial charge in [0, 0.05) is 6.04 Å². The molecule has 1 heteroatoms. The lowest BCUT2D eigenvalue weighted by atomic mass is 9.90. The zero-order valence-corrected chi connectivity index (χ0v) is 10.7. The summed E-state index contributed by atoms with van der Waals surface area (Å²) in [5.41, 5.74) is 0. The van der Waals surface area contributed by atoms with E-state index in [1.165, 1.54) is 64.3 Å². The van der Waals surface area contributed by atoms with Gasteiger partial charge in [0.1, 0.15) is 0 Å². The smallest absolute Gasteiger partial charge is 0.00696 e. The Balaban J connectivity index is 2.22. The average Bonchev–Trinajstić information content (AvgIpc) is 2.52. The molecule has 1 aliphatic rings. The van der Waals surface area contributed by atoms with Crippen molar-refractivity contribution in [2.24, 2.45) is 5.92 Å². The Kier molecular flexibility index (Phi) is 7.08. The molecule has 0 amide bonds. The van der Waals surface area contributed by atoms with Gasteiger partial charge >= 0.3 is 0 Å². The Bertz CT molecular complexity index is 136. The maximum atomic E-state index is 3.72. The summed E-state index contributed by atoms with van der Waals surface area (Å²) in [4.78, 5) is 0. The van der Waals surface area contributed by atoms with Crippen LogP contribution in [0.2, 0.25) is 0 Å². The third-order valence-corrected chi connectivity index (χ3v) is 3.82. The number of nitrogens with one attached hydrogen (secondary N) is 1. The van der Waals surface area contributed by atoms with Crippen LogP contribution in [0.5, 0.6) is 0 Å². The van der Waals surface area contributed by atoms with Crippen LogP contribution < -0.4 is 5.32 Å². The molecule has 1 saturated heterocycles. The van der Waals surface area contributed by atoms with Crippen molar-refractivity contribution in [3.05, 3.63) is 0 Å². The standard InChI is InChI=1S/C14H29N/c1-3-5-9-13(4-2)12-14-10-7-6-8-11-15-14/h13-15H,3-12H2,1-2H3. The molecule has 1 aliphatic heterocycles. The number of rotatable bonds is 6. The molecule has 15 heavy (non-hydrogen) atoms. The van der Waals surface area contributed by atoms with E-state index >= 15 is 0 Å². The molecule has 0 aromatic heterocycles. The zero-order chi connectivity index (χ0) is 10.9. The second-order valence-corrected chi connectivity index (χ2v) is 5.15. The van der Waals surface area contributed by atoms with E-state index in [0.717, 1.165) is 12.0 Å². The van der Waals surface area contributed by atoms with Crippen LogP contribution in [-0.4, -0.2) is 12.6 Å². The van der Waals surface area contributed by atoms with Gasteiger partial charge in [-0.3, -0.25) is 0 Å². The molecule has 90 valence electrons. The van der Waals surface area contributed by atoms with Crippen LogP contribution in [0.15, 0.2) is 0 Å². The second-order valence-electron chi connectivity index (χ2n) is 5.15. The summed E-state index contributed by atoms with van der Waals surface area (Å²) in [5.74, 6) is 0.973. The van der Waals surface area contributed by atoms with Gasteiger partial charge in [0.05, 0.1) is 0 Å². The van der Waals surface area contributed by atoms with Gasteiger partial charge < -0.3 is 5.32 Å². The topological polar surface area (TPSA) is 12.0 Å². The first kappa shape index (κ1) is 13.0. The highest BCUT2D eigenvalue weighted by molar-refractivity contribution is 4.74. The molecule has 0 radical (unpaired) electrons. The van der Waals surface area contributed by atoms with Crippen LogP contribution in [0.1, 0.15) is 71.6 Å². The number of unbranched alkanes of at least 4 members (excludes halogenated alkanes) is 1. The van der Waals surface area contributed by atoms with Crippen LogP contribution in [0.25, 0.3) is 0 Å². The Labute approximate surface area is 96.0 Å². The summed E-state index contributed by atoms with van der Waals surface area (Å²) < 4.78 is 0. The van der Waals surface area contributed by atoms with Gasteiger partial charge in [-0.2, -0.15) is 0 Å². The van der Waals surface area contributed by atoms with Gasteiger partial charge in [0.2, 0.25) is 0 Å². The van der Waals surface area contributed by atoms with Gasteiger partial charge in [-0.15, -0.1) is 0 Å². The average molecular weight is 211 g/mol. The molecule has 1 fully saturated rings. The molecule has 2 atom stereocenters. The lowest BCUT2D eigenvalue weighted by Gasteiger charge is -2.22. The lowest BCUT2D eigenvalue weighted by Crippen LogP contribution is -2.30. The fourth-order valence-electron chi connectivity index (χ4n) is 2.69. The molecule has 0 aromatic rings. The first-order valence-electron chi connectivity index (χ1n) is 7.10. The van der Waals surface area contributed by atoms with Gasteiger partial charge in [0.15, 0.2) is 0 Å². The summed E-state index contributed by atoms with van der Waals surface area (Å²) in [5, 5.41) is 3.72. The van der Waals surface area contributed by atoms with Crippen molar-refractivity contribution in [1.29, 1.82) is 0 Å². The van der Waals surface area contributed by atoms with Gasteiger partial charge in [-0.05, 0) is 31.7 Å². The minimum absolute atomic E-state index is 0.828. The van der Waals surface area contributed by atoms with E-state index in [0.29, 0.717) is 0 Å². The van der Waals surface area contributed by atoms with Crippen LogP contribution in [0.4, 0.5) is 0 Å². The highest BCUT2D eigenvalue weighted by Gasteiger charge is 2.15. The van der Waals surface area contributed by atoms with Crippen LogP contribution in [-0.2, 0) is 0 Å². The Morgan fingerprint density at radius 1 is 1.20 bits per heavy atom. The molecule has 2 unspecified atom stereocenters. The van der Waals surface area contributed by atoms with Crippen LogP contribution in [0, 0.1) is 5.92 Å². The highest BCUT2D eigenvalue weighted by atomic mass is 14.9. The van der Waals surface area contributed by atoms with Crippen LogP contribution in [0.3, 0.4) is 0 Å². The Hall–Kier alpha value is -0.0400. The maximum absolute atomic E-state index is 3.72. The molecule has 1 nitrogen and oxygen atoms in total. The van der Waals surface area contributed by atoms with Gasteiger partial charge in [-0.25, -0.2) is 0 Å². The van der Waals surface area contributed by atoms with Crippen molar-refractivity contribution >= 4 is 0 Å². The molecule has 1 heterocycles. The minimum atomic E-state index is 0.828. The lowest BCUT2D eigenvalue weighted by molar-refractivity contribution is 0.345. The van der Waals surface area contributed by atoms with E-state index < -0.39 is 0 Å². The van der Waals surface area contributed by atoms with Crippen LogP contribution >= 0.6 is 0 Å². The second kappa shape index (κ2) is 8.15.